The largest absolute Gasteiger partial charge is 0.468 e. The molecule has 0 radical (unpaired) electrons. The van der Waals surface area contributed by atoms with E-state index >= 15 is 0 Å². The van der Waals surface area contributed by atoms with E-state index in [0.29, 0.717) is 12.3 Å². The fraction of sp³-hybridized carbons (Fsp3) is 0.500. The number of para-hydroxylation sites is 1. The van der Waals surface area contributed by atoms with Gasteiger partial charge in [-0.25, -0.2) is 0 Å². The highest BCUT2D eigenvalue weighted by Crippen LogP contribution is 2.50. The van der Waals surface area contributed by atoms with Crippen molar-refractivity contribution < 1.29 is 9.53 Å². The van der Waals surface area contributed by atoms with Crippen molar-refractivity contribution in [1.82, 2.24) is 4.90 Å². The van der Waals surface area contributed by atoms with Gasteiger partial charge in [-0.3, -0.25) is 4.79 Å². The van der Waals surface area contributed by atoms with Gasteiger partial charge in [0.15, 0.2) is 5.72 Å². The van der Waals surface area contributed by atoms with Crippen LogP contribution in [-0.2, 0) is 4.79 Å². The summed E-state index contributed by atoms with van der Waals surface area (Å²) in [5.74, 6) is 1.70. The van der Waals surface area contributed by atoms with Gasteiger partial charge in [-0.15, -0.1) is 0 Å². The van der Waals surface area contributed by atoms with Crippen molar-refractivity contribution >= 4 is 5.91 Å². The number of hydrogen-bond donors (Lipinski definition) is 0. The van der Waals surface area contributed by atoms with E-state index in [9.17, 15) is 4.79 Å². The third-order valence-corrected chi connectivity index (χ3v) is 4.52. The summed E-state index contributed by atoms with van der Waals surface area (Å²) in [4.78, 5) is 13.8. The Hall–Kier alpha value is -1.51. The van der Waals surface area contributed by atoms with E-state index in [4.69, 9.17) is 4.74 Å². The van der Waals surface area contributed by atoms with Crippen molar-refractivity contribution in [2.75, 3.05) is 7.05 Å². The van der Waals surface area contributed by atoms with Crippen molar-refractivity contribution in [3.8, 4) is 5.75 Å². The lowest BCUT2D eigenvalue weighted by Gasteiger charge is -2.53. The number of rotatable bonds is 0. The van der Waals surface area contributed by atoms with Crippen LogP contribution in [0.1, 0.15) is 31.7 Å². The molecule has 0 spiro atoms. The molecule has 0 unspecified atom stereocenters. The summed E-state index contributed by atoms with van der Waals surface area (Å²) in [6.45, 7) is 4.18. The lowest BCUT2D eigenvalue weighted by molar-refractivity contribution is -0.173. The molecule has 0 aromatic heterocycles. The molecule has 1 amide bonds. The lowest BCUT2D eigenvalue weighted by Crippen LogP contribution is -2.62. The van der Waals surface area contributed by atoms with Crippen LogP contribution in [0.4, 0.5) is 0 Å². The molecule has 3 rings (SSSR count). The smallest absolute Gasteiger partial charge is 0.225 e. The standard InChI is InChI=1S/C14H17NO2/c1-9-11-8-13(16)15(3)14(9,2)17-12-7-5-4-6-10(11)12/h4-7,9,11H,8H2,1-3H3/t9-,11+,14-/m0/s1. The predicted octanol–water partition coefficient (Wildman–Crippen LogP) is 2.38. The van der Waals surface area contributed by atoms with Crippen LogP contribution < -0.4 is 4.74 Å². The molecule has 1 aromatic rings. The van der Waals surface area contributed by atoms with Crippen LogP contribution in [0.5, 0.6) is 5.75 Å². The highest BCUT2D eigenvalue weighted by atomic mass is 16.5. The van der Waals surface area contributed by atoms with Crippen molar-refractivity contribution in [3.05, 3.63) is 29.8 Å². The minimum Gasteiger partial charge on any atom is -0.468 e. The van der Waals surface area contributed by atoms with Gasteiger partial charge in [0.2, 0.25) is 5.91 Å². The third-order valence-electron chi connectivity index (χ3n) is 4.52. The monoisotopic (exact) mass is 231 g/mol. The molecule has 2 heterocycles. The summed E-state index contributed by atoms with van der Waals surface area (Å²) in [5, 5.41) is 0. The van der Waals surface area contributed by atoms with Gasteiger partial charge in [0.1, 0.15) is 5.75 Å². The number of carbonyl (C=O) groups excluding carboxylic acids is 1. The topological polar surface area (TPSA) is 29.5 Å². The molecule has 2 aliphatic rings. The molecular formula is C14H17NO2. The Kier molecular flexibility index (Phi) is 2.03. The number of piperidine rings is 1. The Morgan fingerprint density at radius 1 is 1.41 bits per heavy atom. The van der Waals surface area contributed by atoms with Gasteiger partial charge in [-0.2, -0.15) is 0 Å². The molecule has 3 nitrogen and oxygen atoms in total. The Labute approximate surface area is 101 Å². The van der Waals surface area contributed by atoms with Gasteiger partial charge >= 0.3 is 0 Å². The van der Waals surface area contributed by atoms with E-state index in [2.05, 4.69) is 13.0 Å². The molecule has 0 N–H and O–H groups in total. The molecular weight excluding hydrogens is 214 g/mol. The van der Waals surface area contributed by atoms with Gasteiger partial charge in [-0.05, 0) is 18.6 Å². The summed E-state index contributed by atoms with van der Waals surface area (Å²) < 4.78 is 6.09. The Morgan fingerprint density at radius 2 is 2.12 bits per heavy atom. The van der Waals surface area contributed by atoms with Crippen LogP contribution in [0.25, 0.3) is 0 Å². The zero-order valence-corrected chi connectivity index (χ0v) is 10.4. The van der Waals surface area contributed by atoms with Gasteiger partial charge in [0.05, 0.1) is 0 Å². The second kappa shape index (κ2) is 3.25. The SMILES string of the molecule is C[C@H]1[C@H]2CC(=O)N(C)[C@@]1(C)Oc1ccccc12. The molecule has 90 valence electrons. The molecule has 2 aliphatic heterocycles. The number of benzene rings is 1. The first-order valence-electron chi connectivity index (χ1n) is 6.08. The Bertz CT molecular complexity index is 485. The summed E-state index contributed by atoms with van der Waals surface area (Å²) >= 11 is 0. The van der Waals surface area contributed by atoms with Gasteiger partial charge < -0.3 is 9.64 Å². The molecule has 3 heteroatoms. The fourth-order valence-corrected chi connectivity index (χ4v) is 3.07. The van der Waals surface area contributed by atoms with E-state index in [1.807, 2.05) is 32.2 Å². The fourth-order valence-electron chi connectivity index (χ4n) is 3.07. The normalized spacial score (nSPS) is 35.2. The molecule has 0 aliphatic carbocycles. The number of ether oxygens (including phenoxy) is 1. The number of likely N-dealkylation sites (tertiary alicyclic amines) is 1. The van der Waals surface area contributed by atoms with Crippen molar-refractivity contribution in [1.29, 1.82) is 0 Å². The van der Waals surface area contributed by atoms with Crippen LogP contribution >= 0.6 is 0 Å². The maximum atomic E-state index is 12.0. The summed E-state index contributed by atoms with van der Waals surface area (Å²) in [6.07, 6.45) is 0.591. The average molecular weight is 231 g/mol. The quantitative estimate of drug-likeness (QED) is 0.686. The molecule has 0 saturated carbocycles. The summed E-state index contributed by atoms with van der Waals surface area (Å²) in [5.41, 5.74) is 0.674. The number of amides is 1. The Balaban J connectivity index is 2.17. The lowest BCUT2D eigenvalue weighted by atomic mass is 9.73. The molecule has 17 heavy (non-hydrogen) atoms. The number of fused-ring (bicyclic) bond motifs is 4. The minimum atomic E-state index is -0.506. The maximum absolute atomic E-state index is 12.0. The van der Waals surface area contributed by atoms with Crippen LogP contribution in [0, 0.1) is 5.92 Å². The van der Waals surface area contributed by atoms with E-state index in [0.717, 1.165) is 5.75 Å². The average Bonchev–Trinajstić information content (AvgIpc) is 2.32. The van der Waals surface area contributed by atoms with Crippen molar-refractivity contribution in [2.24, 2.45) is 5.92 Å². The van der Waals surface area contributed by atoms with Gasteiger partial charge in [0, 0.05) is 25.3 Å². The second-order valence-electron chi connectivity index (χ2n) is 5.25. The van der Waals surface area contributed by atoms with Crippen molar-refractivity contribution in [3.63, 3.8) is 0 Å². The molecule has 1 aromatic carbocycles. The van der Waals surface area contributed by atoms with Gasteiger partial charge in [0.25, 0.3) is 0 Å². The first-order valence-corrected chi connectivity index (χ1v) is 6.08. The number of hydrogen-bond acceptors (Lipinski definition) is 2. The predicted molar refractivity (Wildman–Crippen MR) is 64.8 cm³/mol. The highest BCUT2D eigenvalue weighted by molar-refractivity contribution is 5.79. The molecule has 3 atom stereocenters. The molecule has 2 bridgehead atoms. The van der Waals surface area contributed by atoms with Crippen LogP contribution in [0.2, 0.25) is 0 Å². The molecule has 1 saturated heterocycles. The third kappa shape index (κ3) is 1.25. The summed E-state index contributed by atoms with van der Waals surface area (Å²) in [7, 11) is 1.84. The highest BCUT2D eigenvalue weighted by Gasteiger charge is 2.52. The Morgan fingerprint density at radius 3 is 2.88 bits per heavy atom. The van der Waals surface area contributed by atoms with E-state index in [-0.39, 0.29) is 11.8 Å². The number of carbonyl (C=O) groups is 1. The minimum absolute atomic E-state index is 0.171. The maximum Gasteiger partial charge on any atom is 0.225 e. The van der Waals surface area contributed by atoms with E-state index in [1.165, 1.54) is 5.56 Å². The van der Waals surface area contributed by atoms with Crippen LogP contribution in [0.15, 0.2) is 24.3 Å². The van der Waals surface area contributed by atoms with Crippen LogP contribution in [0.3, 0.4) is 0 Å². The zero-order chi connectivity index (χ0) is 12.2. The zero-order valence-electron chi connectivity index (χ0n) is 10.4. The summed E-state index contributed by atoms with van der Waals surface area (Å²) in [6, 6.07) is 8.07. The van der Waals surface area contributed by atoms with Crippen LogP contribution in [-0.4, -0.2) is 23.6 Å². The first-order chi connectivity index (χ1) is 8.04. The van der Waals surface area contributed by atoms with E-state index < -0.39 is 5.72 Å². The number of nitrogens with zero attached hydrogens (tertiary/aromatic N) is 1. The van der Waals surface area contributed by atoms with E-state index in [1.54, 1.807) is 4.90 Å². The second-order valence-corrected chi connectivity index (χ2v) is 5.25. The van der Waals surface area contributed by atoms with Crippen molar-refractivity contribution in [2.45, 2.75) is 31.9 Å². The molecule has 1 fully saturated rings. The van der Waals surface area contributed by atoms with Gasteiger partial charge in [-0.1, -0.05) is 25.1 Å². The first kappa shape index (κ1) is 10.6.